The van der Waals surface area contributed by atoms with E-state index in [0.29, 0.717) is 22.0 Å². The summed E-state index contributed by atoms with van der Waals surface area (Å²) < 4.78 is 17.1. The predicted octanol–water partition coefficient (Wildman–Crippen LogP) is 7.91. The Morgan fingerprint density at radius 2 is 1.67 bits per heavy atom. The van der Waals surface area contributed by atoms with Gasteiger partial charge in [-0.3, -0.25) is 4.79 Å². The Bertz CT molecular complexity index is 1460. The fourth-order valence-corrected chi connectivity index (χ4v) is 5.99. The lowest BCUT2D eigenvalue weighted by Crippen LogP contribution is -2.28. The number of rotatable bonds is 15. The molecule has 42 heavy (non-hydrogen) atoms. The van der Waals surface area contributed by atoms with E-state index in [1.54, 1.807) is 18.9 Å². The summed E-state index contributed by atoms with van der Waals surface area (Å²) in [6, 6.07) is 31.1. The number of para-hydroxylation sites is 1. The zero-order valence-electron chi connectivity index (χ0n) is 23.8. The van der Waals surface area contributed by atoms with Crippen LogP contribution in [0.25, 0.3) is 22.4 Å². The third-order valence-corrected chi connectivity index (χ3v) is 8.45. The van der Waals surface area contributed by atoms with Crippen LogP contribution in [0.4, 0.5) is 0 Å². The first-order chi connectivity index (χ1) is 20.6. The maximum atomic E-state index is 13.1. The van der Waals surface area contributed by atoms with Gasteiger partial charge in [-0.1, -0.05) is 73.6 Å². The zero-order valence-corrected chi connectivity index (χ0v) is 25.5. The number of esters is 1. The molecule has 0 aliphatic heterocycles. The molecule has 1 heterocycles. The van der Waals surface area contributed by atoms with Crippen molar-refractivity contribution < 1.29 is 19.0 Å². The molecule has 4 rings (SSSR count). The number of aromatic nitrogens is 1. The Morgan fingerprint density at radius 1 is 0.952 bits per heavy atom. The summed E-state index contributed by atoms with van der Waals surface area (Å²) in [7, 11) is 1.62. The van der Waals surface area contributed by atoms with Gasteiger partial charge in [0, 0.05) is 16.9 Å². The average Bonchev–Trinajstić information content (AvgIpc) is 3.05. The van der Waals surface area contributed by atoms with Gasteiger partial charge in [0.1, 0.15) is 35.3 Å². The molecule has 0 saturated carbocycles. The van der Waals surface area contributed by atoms with Gasteiger partial charge in [0.15, 0.2) is 0 Å². The first kappa shape index (κ1) is 31.0. The number of hydrogen-bond donors (Lipinski definition) is 0. The quantitative estimate of drug-likeness (QED) is 0.0776. The van der Waals surface area contributed by atoms with Crippen LogP contribution in [-0.2, 0) is 9.53 Å². The molecule has 3 aromatic carbocycles. The van der Waals surface area contributed by atoms with Crippen LogP contribution in [0.15, 0.2) is 96.0 Å². The molecule has 0 amide bonds. The number of unbranched alkanes of at least 4 members (excludes halogenated alkanes) is 1. The number of carbonyl (C=O) groups excluding carboxylic acids is 1. The molecule has 0 radical (unpaired) electrons. The van der Waals surface area contributed by atoms with Crippen LogP contribution >= 0.6 is 23.5 Å². The van der Waals surface area contributed by atoms with Gasteiger partial charge >= 0.3 is 5.97 Å². The summed E-state index contributed by atoms with van der Waals surface area (Å²) in [5, 5.41) is 10.6. The van der Waals surface area contributed by atoms with Crippen molar-refractivity contribution in [1.29, 1.82) is 5.26 Å². The van der Waals surface area contributed by atoms with E-state index in [4.69, 9.17) is 19.2 Å². The van der Waals surface area contributed by atoms with Crippen LogP contribution in [0.1, 0.15) is 25.3 Å². The fraction of sp³-hybridized carbons (Fsp3) is 0.265. The van der Waals surface area contributed by atoms with Gasteiger partial charge in [0.05, 0.1) is 24.1 Å². The monoisotopic (exact) mass is 598 g/mol. The van der Waals surface area contributed by atoms with E-state index in [2.05, 4.69) is 13.0 Å². The second kappa shape index (κ2) is 16.5. The molecule has 0 saturated heterocycles. The molecule has 0 fully saturated rings. The second-order valence-electron chi connectivity index (χ2n) is 9.39. The SMILES string of the molecule is CCCCSCC(COc1ccccc1)OC(=O)CSc1nc(-c2ccc(OC)cc2)cc(-c2ccccc2)c1C#N. The Balaban J connectivity index is 1.53. The molecule has 8 heteroatoms. The Hall–Kier alpha value is -3.93. The number of pyridine rings is 1. The van der Waals surface area contributed by atoms with Gasteiger partial charge in [-0.25, -0.2) is 4.98 Å². The minimum absolute atomic E-state index is 0.0173. The molecule has 0 spiro atoms. The molecule has 0 N–H and O–H groups in total. The zero-order chi connectivity index (χ0) is 29.6. The second-order valence-corrected chi connectivity index (χ2v) is 11.5. The van der Waals surface area contributed by atoms with E-state index in [9.17, 15) is 10.1 Å². The molecule has 216 valence electrons. The molecule has 6 nitrogen and oxygen atoms in total. The van der Waals surface area contributed by atoms with E-state index < -0.39 is 6.10 Å². The van der Waals surface area contributed by atoms with Gasteiger partial charge in [-0.15, -0.1) is 0 Å². The summed E-state index contributed by atoms with van der Waals surface area (Å²) in [5.74, 6) is 2.77. The summed E-state index contributed by atoms with van der Waals surface area (Å²) in [4.78, 5) is 17.9. The number of ether oxygens (including phenoxy) is 3. The topological polar surface area (TPSA) is 81.4 Å². The standard InChI is InChI=1S/C34H34N2O4S2/c1-3-4-19-41-23-29(22-39-28-13-9-6-10-14-28)40-33(37)24-42-34-31(21-35)30(25-11-7-5-8-12-25)20-32(36-34)26-15-17-27(38-2)18-16-26/h5-18,20,29H,3-4,19,22-24H2,1-2H3. The van der Waals surface area contributed by atoms with Gasteiger partial charge in [-0.05, 0) is 60.2 Å². The van der Waals surface area contributed by atoms with E-state index in [1.807, 2.05) is 91.0 Å². The average molecular weight is 599 g/mol. The van der Waals surface area contributed by atoms with Gasteiger partial charge in [0.25, 0.3) is 0 Å². The number of nitrogens with zero attached hydrogens (tertiary/aromatic N) is 2. The molecule has 0 bridgehead atoms. The highest BCUT2D eigenvalue weighted by Crippen LogP contribution is 2.34. The lowest BCUT2D eigenvalue weighted by Gasteiger charge is -2.19. The van der Waals surface area contributed by atoms with E-state index >= 15 is 0 Å². The van der Waals surface area contributed by atoms with E-state index in [-0.39, 0.29) is 18.3 Å². The van der Waals surface area contributed by atoms with Crippen molar-refractivity contribution in [3.63, 3.8) is 0 Å². The maximum Gasteiger partial charge on any atom is 0.316 e. The third kappa shape index (κ3) is 9.04. The highest BCUT2D eigenvalue weighted by Gasteiger charge is 2.20. The Morgan fingerprint density at radius 3 is 2.33 bits per heavy atom. The van der Waals surface area contributed by atoms with Crippen molar-refractivity contribution in [1.82, 2.24) is 4.98 Å². The molecule has 0 aliphatic rings. The lowest BCUT2D eigenvalue weighted by molar-refractivity contribution is -0.145. The van der Waals surface area contributed by atoms with Crippen molar-refractivity contribution in [3.8, 4) is 40.0 Å². The Kier molecular flexibility index (Phi) is 12.2. The number of nitriles is 1. The van der Waals surface area contributed by atoms with Crippen molar-refractivity contribution in [2.75, 3.05) is 31.0 Å². The lowest BCUT2D eigenvalue weighted by atomic mass is 9.99. The first-order valence-electron chi connectivity index (χ1n) is 13.8. The number of methoxy groups -OCH3 is 1. The molecule has 0 aliphatic carbocycles. The molecular weight excluding hydrogens is 565 g/mol. The van der Waals surface area contributed by atoms with E-state index in [1.165, 1.54) is 11.8 Å². The highest BCUT2D eigenvalue weighted by atomic mass is 32.2. The molecule has 1 aromatic heterocycles. The van der Waals surface area contributed by atoms with Gasteiger partial charge in [0.2, 0.25) is 0 Å². The summed E-state index contributed by atoms with van der Waals surface area (Å²) in [5.41, 5.74) is 3.67. The van der Waals surface area contributed by atoms with Crippen LogP contribution < -0.4 is 9.47 Å². The summed E-state index contributed by atoms with van der Waals surface area (Å²) in [6.07, 6.45) is 1.83. The highest BCUT2D eigenvalue weighted by molar-refractivity contribution is 8.00. The summed E-state index contributed by atoms with van der Waals surface area (Å²) in [6.45, 7) is 2.43. The summed E-state index contributed by atoms with van der Waals surface area (Å²) >= 11 is 2.97. The van der Waals surface area contributed by atoms with Crippen molar-refractivity contribution in [2.24, 2.45) is 0 Å². The minimum atomic E-state index is -0.394. The van der Waals surface area contributed by atoms with Crippen molar-refractivity contribution in [3.05, 3.63) is 96.6 Å². The number of benzene rings is 3. The van der Waals surface area contributed by atoms with Crippen LogP contribution in [0.2, 0.25) is 0 Å². The number of thioether (sulfide) groups is 2. The normalized spacial score (nSPS) is 11.4. The molecular formula is C34H34N2O4S2. The smallest absolute Gasteiger partial charge is 0.316 e. The Labute approximate surface area is 256 Å². The third-order valence-electron chi connectivity index (χ3n) is 6.32. The van der Waals surface area contributed by atoms with Crippen LogP contribution in [0, 0.1) is 11.3 Å². The maximum absolute atomic E-state index is 13.1. The molecule has 4 aromatic rings. The predicted molar refractivity (Wildman–Crippen MR) is 171 cm³/mol. The number of hydrogen-bond acceptors (Lipinski definition) is 8. The van der Waals surface area contributed by atoms with Crippen molar-refractivity contribution in [2.45, 2.75) is 30.9 Å². The van der Waals surface area contributed by atoms with Gasteiger partial charge < -0.3 is 14.2 Å². The van der Waals surface area contributed by atoms with E-state index in [0.717, 1.165) is 46.8 Å². The van der Waals surface area contributed by atoms with Crippen LogP contribution in [0.3, 0.4) is 0 Å². The fourth-order valence-electron chi connectivity index (χ4n) is 4.12. The minimum Gasteiger partial charge on any atom is -0.497 e. The van der Waals surface area contributed by atoms with Crippen LogP contribution in [0.5, 0.6) is 11.5 Å². The molecule has 1 atom stereocenters. The van der Waals surface area contributed by atoms with Crippen molar-refractivity contribution >= 4 is 29.5 Å². The largest absolute Gasteiger partial charge is 0.497 e. The van der Waals surface area contributed by atoms with Crippen LogP contribution in [-0.4, -0.2) is 48.0 Å². The van der Waals surface area contributed by atoms with Gasteiger partial charge in [-0.2, -0.15) is 17.0 Å². The molecule has 1 unspecified atom stereocenters. The number of carbonyl (C=O) groups is 1. The first-order valence-corrected chi connectivity index (χ1v) is 16.0.